The molecule has 0 saturated heterocycles. The number of hydrogen-bond acceptors (Lipinski definition) is 3. The van der Waals surface area contributed by atoms with Crippen molar-refractivity contribution in [2.75, 3.05) is 11.9 Å². The summed E-state index contributed by atoms with van der Waals surface area (Å²) in [6.45, 7) is 5.29. The number of anilines is 1. The summed E-state index contributed by atoms with van der Waals surface area (Å²) in [6.07, 6.45) is 3.82. The van der Waals surface area contributed by atoms with Gasteiger partial charge in [0, 0.05) is 18.3 Å². The Morgan fingerprint density at radius 1 is 1.35 bits per heavy atom. The van der Waals surface area contributed by atoms with Gasteiger partial charge in [0.15, 0.2) is 0 Å². The Bertz CT molecular complexity index is 623. The summed E-state index contributed by atoms with van der Waals surface area (Å²) in [6, 6.07) is 5.44. The van der Waals surface area contributed by atoms with Crippen LogP contribution in [0.15, 0.2) is 23.1 Å². The molecule has 0 aromatic heterocycles. The van der Waals surface area contributed by atoms with Gasteiger partial charge in [-0.25, -0.2) is 13.1 Å². The fourth-order valence-corrected chi connectivity index (χ4v) is 4.59. The first kappa shape index (κ1) is 13.9. The Labute approximate surface area is 121 Å². The third-order valence-electron chi connectivity index (χ3n) is 4.39. The number of hydrogen-bond donors (Lipinski definition) is 2. The van der Waals surface area contributed by atoms with Gasteiger partial charge in [-0.1, -0.05) is 13.8 Å². The lowest BCUT2D eigenvalue weighted by Crippen LogP contribution is -2.33. The van der Waals surface area contributed by atoms with Gasteiger partial charge in [-0.15, -0.1) is 0 Å². The highest BCUT2D eigenvalue weighted by Gasteiger charge is 2.33. The van der Waals surface area contributed by atoms with Crippen molar-refractivity contribution >= 4 is 15.7 Å². The number of sulfonamides is 1. The number of benzene rings is 1. The average Bonchev–Trinajstić information content (AvgIpc) is 2.94. The van der Waals surface area contributed by atoms with E-state index in [0.717, 1.165) is 43.5 Å². The van der Waals surface area contributed by atoms with E-state index >= 15 is 0 Å². The van der Waals surface area contributed by atoms with Gasteiger partial charge >= 0.3 is 0 Å². The topological polar surface area (TPSA) is 58.2 Å². The third-order valence-corrected chi connectivity index (χ3v) is 5.91. The van der Waals surface area contributed by atoms with E-state index in [1.165, 1.54) is 0 Å². The highest BCUT2D eigenvalue weighted by molar-refractivity contribution is 7.89. The standard InChI is InChI=1S/C15H22N2O2S/c1-15(2)7-5-12(10-15)17-20(18,19)13-3-4-14-11(9-13)6-8-16-14/h3-4,9,12,16-17H,5-8,10H2,1-2H3. The van der Waals surface area contributed by atoms with Crippen LogP contribution in [0.25, 0.3) is 0 Å². The van der Waals surface area contributed by atoms with Crippen LogP contribution in [0.4, 0.5) is 5.69 Å². The predicted molar refractivity (Wildman–Crippen MR) is 80.4 cm³/mol. The largest absolute Gasteiger partial charge is 0.384 e. The molecule has 1 aromatic carbocycles. The zero-order valence-electron chi connectivity index (χ0n) is 12.1. The highest BCUT2D eigenvalue weighted by atomic mass is 32.2. The molecule has 1 aliphatic carbocycles. The maximum atomic E-state index is 12.5. The monoisotopic (exact) mass is 294 g/mol. The fourth-order valence-electron chi connectivity index (χ4n) is 3.27. The molecule has 3 rings (SSSR count). The molecule has 1 aliphatic heterocycles. The smallest absolute Gasteiger partial charge is 0.240 e. The third kappa shape index (κ3) is 2.69. The summed E-state index contributed by atoms with van der Waals surface area (Å²) in [5.74, 6) is 0. The van der Waals surface area contributed by atoms with E-state index in [2.05, 4.69) is 23.9 Å². The zero-order chi connectivity index (χ0) is 14.4. The maximum Gasteiger partial charge on any atom is 0.240 e. The number of nitrogens with one attached hydrogen (secondary N) is 2. The Kier molecular flexibility index (Phi) is 3.29. The first-order chi connectivity index (χ1) is 9.36. The minimum absolute atomic E-state index is 0.0707. The van der Waals surface area contributed by atoms with Crippen LogP contribution in [-0.4, -0.2) is 21.0 Å². The number of fused-ring (bicyclic) bond motifs is 1. The van der Waals surface area contributed by atoms with Crippen molar-refractivity contribution in [2.45, 2.75) is 50.5 Å². The second kappa shape index (κ2) is 4.74. The van der Waals surface area contributed by atoms with E-state index in [1.807, 2.05) is 6.07 Å². The molecule has 1 aromatic rings. The van der Waals surface area contributed by atoms with E-state index in [9.17, 15) is 8.42 Å². The van der Waals surface area contributed by atoms with Crippen molar-refractivity contribution in [3.8, 4) is 0 Å². The van der Waals surface area contributed by atoms with Gasteiger partial charge in [0.1, 0.15) is 0 Å². The molecule has 20 heavy (non-hydrogen) atoms. The molecule has 2 aliphatic rings. The van der Waals surface area contributed by atoms with Gasteiger partial charge in [-0.3, -0.25) is 0 Å². The molecule has 0 spiro atoms. The van der Waals surface area contributed by atoms with Gasteiger partial charge in [0.25, 0.3) is 0 Å². The minimum atomic E-state index is -3.39. The summed E-state index contributed by atoms with van der Waals surface area (Å²) in [7, 11) is -3.39. The van der Waals surface area contributed by atoms with Crippen LogP contribution in [0, 0.1) is 5.41 Å². The molecule has 0 bridgehead atoms. The van der Waals surface area contributed by atoms with E-state index in [0.29, 0.717) is 4.90 Å². The summed E-state index contributed by atoms with van der Waals surface area (Å²) >= 11 is 0. The van der Waals surface area contributed by atoms with Crippen molar-refractivity contribution in [3.05, 3.63) is 23.8 Å². The van der Waals surface area contributed by atoms with Crippen molar-refractivity contribution in [3.63, 3.8) is 0 Å². The summed E-state index contributed by atoms with van der Waals surface area (Å²) in [5.41, 5.74) is 2.40. The lowest BCUT2D eigenvalue weighted by atomic mass is 9.92. The lowest BCUT2D eigenvalue weighted by Gasteiger charge is -2.18. The van der Waals surface area contributed by atoms with Crippen LogP contribution >= 0.6 is 0 Å². The van der Waals surface area contributed by atoms with Gasteiger partial charge in [-0.05, 0) is 54.9 Å². The molecule has 4 nitrogen and oxygen atoms in total. The molecule has 0 radical (unpaired) electrons. The lowest BCUT2D eigenvalue weighted by molar-refractivity contribution is 0.372. The molecular weight excluding hydrogens is 272 g/mol. The molecular formula is C15H22N2O2S. The SMILES string of the molecule is CC1(C)CCC(NS(=O)(=O)c2ccc3c(c2)CCN3)C1. The second-order valence-electron chi connectivity index (χ2n) is 6.72. The van der Waals surface area contributed by atoms with E-state index in [-0.39, 0.29) is 11.5 Å². The van der Waals surface area contributed by atoms with Crippen LogP contribution in [0.3, 0.4) is 0 Å². The Morgan fingerprint density at radius 3 is 2.85 bits per heavy atom. The van der Waals surface area contributed by atoms with Gasteiger partial charge in [-0.2, -0.15) is 0 Å². The molecule has 1 heterocycles. The van der Waals surface area contributed by atoms with Crippen molar-refractivity contribution in [1.29, 1.82) is 0 Å². The molecule has 1 fully saturated rings. The Balaban J connectivity index is 1.79. The fraction of sp³-hybridized carbons (Fsp3) is 0.600. The molecule has 5 heteroatoms. The minimum Gasteiger partial charge on any atom is -0.384 e. The molecule has 110 valence electrons. The summed E-state index contributed by atoms with van der Waals surface area (Å²) in [5, 5.41) is 3.25. The average molecular weight is 294 g/mol. The maximum absolute atomic E-state index is 12.5. The van der Waals surface area contributed by atoms with E-state index < -0.39 is 10.0 Å². The van der Waals surface area contributed by atoms with E-state index in [4.69, 9.17) is 0 Å². The normalized spacial score (nSPS) is 24.4. The van der Waals surface area contributed by atoms with Crippen LogP contribution in [0.2, 0.25) is 0 Å². The molecule has 0 amide bonds. The van der Waals surface area contributed by atoms with Gasteiger partial charge < -0.3 is 5.32 Å². The first-order valence-electron chi connectivity index (χ1n) is 7.25. The van der Waals surface area contributed by atoms with Gasteiger partial charge in [0.2, 0.25) is 10.0 Å². The van der Waals surface area contributed by atoms with Crippen LogP contribution < -0.4 is 10.0 Å². The zero-order valence-corrected chi connectivity index (χ0v) is 12.9. The van der Waals surface area contributed by atoms with Crippen LogP contribution in [0.1, 0.15) is 38.7 Å². The van der Waals surface area contributed by atoms with Crippen molar-refractivity contribution in [2.24, 2.45) is 5.41 Å². The summed E-state index contributed by atoms with van der Waals surface area (Å²) in [4.78, 5) is 0.393. The first-order valence-corrected chi connectivity index (χ1v) is 8.73. The predicted octanol–water partition coefficient (Wildman–Crippen LogP) is 2.51. The summed E-state index contributed by atoms with van der Waals surface area (Å²) < 4.78 is 27.8. The Morgan fingerprint density at radius 2 is 2.15 bits per heavy atom. The molecule has 2 N–H and O–H groups in total. The highest BCUT2D eigenvalue weighted by Crippen LogP contribution is 2.37. The molecule has 1 saturated carbocycles. The van der Waals surface area contributed by atoms with Crippen LogP contribution in [0.5, 0.6) is 0 Å². The van der Waals surface area contributed by atoms with Crippen molar-refractivity contribution < 1.29 is 8.42 Å². The van der Waals surface area contributed by atoms with E-state index in [1.54, 1.807) is 12.1 Å². The van der Waals surface area contributed by atoms with Gasteiger partial charge in [0.05, 0.1) is 4.90 Å². The van der Waals surface area contributed by atoms with Crippen LogP contribution in [-0.2, 0) is 16.4 Å². The Hall–Kier alpha value is -1.07. The quantitative estimate of drug-likeness (QED) is 0.900. The second-order valence-corrected chi connectivity index (χ2v) is 8.43. The number of rotatable bonds is 3. The molecule has 1 atom stereocenters. The molecule has 1 unspecified atom stereocenters. The van der Waals surface area contributed by atoms with Crippen molar-refractivity contribution in [1.82, 2.24) is 4.72 Å².